The summed E-state index contributed by atoms with van der Waals surface area (Å²) in [6, 6.07) is 2.07. The number of nitrogens with zero attached hydrogens (tertiary/aromatic N) is 2. The summed E-state index contributed by atoms with van der Waals surface area (Å²) in [5.74, 6) is 1.62. The Morgan fingerprint density at radius 2 is 2.45 bits per heavy atom. The van der Waals surface area contributed by atoms with Crippen LogP contribution in [0.3, 0.4) is 0 Å². The highest BCUT2D eigenvalue weighted by Crippen LogP contribution is 2.19. The molecule has 1 fully saturated rings. The van der Waals surface area contributed by atoms with Gasteiger partial charge in [-0.1, -0.05) is 12.1 Å². The predicted octanol–water partition coefficient (Wildman–Crippen LogP) is 2.03. The Balaban J connectivity index is 1.77. The zero-order valence-corrected chi connectivity index (χ0v) is 12.7. The van der Waals surface area contributed by atoms with E-state index in [2.05, 4.69) is 28.4 Å². The molecule has 1 unspecified atom stereocenters. The van der Waals surface area contributed by atoms with E-state index < -0.39 is 0 Å². The van der Waals surface area contributed by atoms with Gasteiger partial charge in [0.15, 0.2) is 5.76 Å². The molecule has 0 bridgehead atoms. The van der Waals surface area contributed by atoms with Crippen LogP contribution in [0.1, 0.15) is 37.6 Å². The van der Waals surface area contributed by atoms with E-state index >= 15 is 0 Å². The second-order valence-corrected chi connectivity index (χ2v) is 5.66. The van der Waals surface area contributed by atoms with Crippen molar-refractivity contribution < 1.29 is 9.26 Å². The van der Waals surface area contributed by atoms with Crippen LogP contribution in [0.2, 0.25) is 0 Å². The second kappa shape index (κ2) is 8.39. The summed E-state index contributed by atoms with van der Waals surface area (Å²) < 4.78 is 10.7. The van der Waals surface area contributed by atoms with E-state index in [0.717, 1.165) is 57.2 Å². The van der Waals surface area contributed by atoms with E-state index in [-0.39, 0.29) is 0 Å². The molecule has 0 aromatic carbocycles. The minimum Gasteiger partial charge on any atom is -0.384 e. The lowest BCUT2D eigenvalue weighted by molar-refractivity contribution is 0.0829. The first kappa shape index (κ1) is 15.5. The maximum absolute atomic E-state index is 5.43. The minimum absolute atomic E-state index is 0.655. The molecule has 2 heterocycles. The molecule has 0 radical (unpaired) electrons. The molecule has 0 saturated carbocycles. The first-order valence-corrected chi connectivity index (χ1v) is 7.68. The van der Waals surface area contributed by atoms with E-state index in [1.54, 1.807) is 7.11 Å². The van der Waals surface area contributed by atoms with Crippen molar-refractivity contribution in [2.24, 2.45) is 5.92 Å². The van der Waals surface area contributed by atoms with E-state index in [0.29, 0.717) is 5.92 Å². The number of hydrogen-bond acceptors (Lipinski definition) is 5. The second-order valence-electron chi connectivity index (χ2n) is 5.66. The molecule has 20 heavy (non-hydrogen) atoms. The van der Waals surface area contributed by atoms with Gasteiger partial charge in [-0.05, 0) is 38.3 Å². The summed E-state index contributed by atoms with van der Waals surface area (Å²) in [6.07, 6.45) is 3.65. The Bertz CT molecular complexity index is 379. The van der Waals surface area contributed by atoms with Crippen LogP contribution in [-0.4, -0.2) is 43.4 Å². The van der Waals surface area contributed by atoms with Crippen LogP contribution < -0.4 is 5.32 Å². The van der Waals surface area contributed by atoms with Crippen LogP contribution >= 0.6 is 0 Å². The fourth-order valence-electron chi connectivity index (χ4n) is 2.79. The summed E-state index contributed by atoms with van der Waals surface area (Å²) in [5.41, 5.74) is 0.999. The molecule has 0 amide bonds. The third-order valence-corrected chi connectivity index (χ3v) is 3.73. The standard InChI is InChI=1S/C15H27N3O2/c1-3-6-16-9-14-8-15(20-17-14)11-18-7-4-5-13(10-18)12-19-2/h8,13,16H,3-7,9-12H2,1-2H3. The van der Waals surface area contributed by atoms with Crippen LogP contribution in [-0.2, 0) is 17.8 Å². The molecule has 1 aliphatic heterocycles. The quantitative estimate of drug-likeness (QED) is 0.739. The SMILES string of the molecule is CCCNCc1cc(CN2CCCC(COC)C2)on1. The molecule has 1 aromatic rings. The molecule has 5 heteroatoms. The number of ether oxygens (including phenoxy) is 1. The van der Waals surface area contributed by atoms with E-state index in [9.17, 15) is 0 Å². The molecule has 1 aromatic heterocycles. The number of rotatable bonds is 8. The lowest BCUT2D eigenvalue weighted by Crippen LogP contribution is -2.36. The van der Waals surface area contributed by atoms with Crippen molar-refractivity contribution in [3.8, 4) is 0 Å². The molecule has 1 saturated heterocycles. The van der Waals surface area contributed by atoms with Crippen molar-refractivity contribution in [2.45, 2.75) is 39.3 Å². The molecule has 1 aliphatic rings. The molecule has 114 valence electrons. The Kier molecular flexibility index (Phi) is 6.50. The summed E-state index contributed by atoms with van der Waals surface area (Å²) in [5, 5.41) is 7.46. The normalized spacial score (nSPS) is 20.4. The molecular formula is C15H27N3O2. The Morgan fingerprint density at radius 1 is 1.55 bits per heavy atom. The van der Waals surface area contributed by atoms with Crippen LogP contribution in [0.15, 0.2) is 10.6 Å². The van der Waals surface area contributed by atoms with Crippen LogP contribution in [0.5, 0.6) is 0 Å². The van der Waals surface area contributed by atoms with Gasteiger partial charge in [0.2, 0.25) is 0 Å². The number of piperidine rings is 1. The Hall–Kier alpha value is -0.910. The minimum atomic E-state index is 0.655. The number of aromatic nitrogens is 1. The van der Waals surface area contributed by atoms with Gasteiger partial charge in [0.25, 0.3) is 0 Å². The van der Waals surface area contributed by atoms with Gasteiger partial charge in [0, 0.05) is 26.3 Å². The third kappa shape index (κ3) is 4.89. The molecule has 0 aliphatic carbocycles. The molecule has 0 spiro atoms. The largest absolute Gasteiger partial charge is 0.384 e. The highest BCUT2D eigenvalue weighted by molar-refractivity contribution is 5.05. The third-order valence-electron chi connectivity index (χ3n) is 3.73. The number of nitrogens with one attached hydrogen (secondary N) is 1. The average molecular weight is 281 g/mol. The van der Waals surface area contributed by atoms with Gasteiger partial charge in [-0.25, -0.2) is 0 Å². The first-order valence-electron chi connectivity index (χ1n) is 7.68. The molecule has 1 atom stereocenters. The van der Waals surface area contributed by atoms with Crippen molar-refractivity contribution in [1.29, 1.82) is 0 Å². The molecule has 5 nitrogen and oxygen atoms in total. The predicted molar refractivity (Wildman–Crippen MR) is 78.4 cm³/mol. The summed E-state index contributed by atoms with van der Waals surface area (Å²) in [6.45, 7) is 7.94. The van der Waals surface area contributed by atoms with E-state index in [1.165, 1.54) is 12.8 Å². The van der Waals surface area contributed by atoms with Crippen molar-refractivity contribution in [1.82, 2.24) is 15.4 Å². The highest BCUT2D eigenvalue weighted by atomic mass is 16.5. The maximum Gasteiger partial charge on any atom is 0.151 e. The summed E-state index contributed by atoms with van der Waals surface area (Å²) in [4.78, 5) is 2.44. The topological polar surface area (TPSA) is 50.5 Å². The highest BCUT2D eigenvalue weighted by Gasteiger charge is 2.20. The van der Waals surface area contributed by atoms with Crippen molar-refractivity contribution >= 4 is 0 Å². The Labute approximate surface area is 121 Å². The van der Waals surface area contributed by atoms with Gasteiger partial charge in [-0.3, -0.25) is 4.90 Å². The van der Waals surface area contributed by atoms with Crippen molar-refractivity contribution in [2.75, 3.05) is 33.4 Å². The van der Waals surface area contributed by atoms with Gasteiger partial charge in [0.1, 0.15) is 0 Å². The fraction of sp³-hybridized carbons (Fsp3) is 0.800. The zero-order valence-electron chi connectivity index (χ0n) is 12.7. The smallest absolute Gasteiger partial charge is 0.151 e. The van der Waals surface area contributed by atoms with Crippen LogP contribution in [0.25, 0.3) is 0 Å². The van der Waals surface area contributed by atoms with Crippen molar-refractivity contribution in [3.05, 3.63) is 17.5 Å². The van der Waals surface area contributed by atoms with Gasteiger partial charge in [-0.15, -0.1) is 0 Å². The lowest BCUT2D eigenvalue weighted by Gasteiger charge is -2.31. The van der Waals surface area contributed by atoms with E-state index in [1.807, 2.05) is 0 Å². The number of methoxy groups -OCH3 is 1. The van der Waals surface area contributed by atoms with Gasteiger partial charge < -0.3 is 14.6 Å². The number of hydrogen-bond donors (Lipinski definition) is 1. The van der Waals surface area contributed by atoms with Gasteiger partial charge in [-0.2, -0.15) is 0 Å². The molecule has 2 rings (SSSR count). The Morgan fingerprint density at radius 3 is 3.25 bits per heavy atom. The monoisotopic (exact) mass is 281 g/mol. The summed E-state index contributed by atoms with van der Waals surface area (Å²) >= 11 is 0. The van der Waals surface area contributed by atoms with Crippen molar-refractivity contribution in [3.63, 3.8) is 0 Å². The first-order chi connectivity index (χ1) is 9.81. The summed E-state index contributed by atoms with van der Waals surface area (Å²) in [7, 11) is 1.78. The molecule has 1 N–H and O–H groups in total. The van der Waals surface area contributed by atoms with Gasteiger partial charge >= 0.3 is 0 Å². The lowest BCUT2D eigenvalue weighted by atomic mass is 9.99. The number of likely N-dealkylation sites (tertiary alicyclic amines) is 1. The van der Waals surface area contributed by atoms with Crippen LogP contribution in [0.4, 0.5) is 0 Å². The maximum atomic E-state index is 5.43. The molecular weight excluding hydrogens is 254 g/mol. The van der Waals surface area contributed by atoms with Crippen LogP contribution in [0, 0.1) is 5.92 Å². The van der Waals surface area contributed by atoms with E-state index in [4.69, 9.17) is 9.26 Å². The van der Waals surface area contributed by atoms with Gasteiger partial charge in [0.05, 0.1) is 18.8 Å². The average Bonchev–Trinajstić information content (AvgIpc) is 2.87. The fourth-order valence-corrected chi connectivity index (χ4v) is 2.79. The zero-order chi connectivity index (χ0) is 14.2.